The summed E-state index contributed by atoms with van der Waals surface area (Å²) in [5.41, 5.74) is 0.967. The number of carbonyl (C=O) groups excluding carboxylic acids is 1. The van der Waals surface area contributed by atoms with E-state index in [2.05, 4.69) is 5.32 Å². The van der Waals surface area contributed by atoms with Crippen molar-refractivity contribution in [1.82, 2.24) is 14.2 Å². The fraction of sp³-hybridized carbons (Fsp3) is 0.609. The molecule has 2 fully saturated rings. The van der Waals surface area contributed by atoms with E-state index >= 15 is 0 Å². The lowest BCUT2D eigenvalue weighted by atomic mass is 10.1. The Hall–Kier alpha value is -1.86. The summed E-state index contributed by atoms with van der Waals surface area (Å²) in [4.78, 5) is 12.8. The zero-order valence-electron chi connectivity index (χ0n) is 17.7. The van der Waals surface area contributed by atoms with Gasteiger partial charge < -0.3 is 9.88 Å². The number of piperidine rings is 1. The molecule has 0 atom stereocenters. The normalized spacial score (nSPS) is 19.6. The van der Waals surface area contributed by atoms with Gasteiger partial charge in [-0.1, -0.05) is 32.1 Å². The summed E-state index contributed by atoms with van der Waals surface area (Å²) in [6, 6.07) is 7.60. The van der Waals surface area contributed by atoms with Crippen LogP contribution in [0.25, 0.3) is 10.9 Å². The molecular weight excluding hydrogens is 398 g/mol. The predicted octanol–water partition coefficient (Wildman–Crippen LogP) is 4.05. The number of sulfonamides is 1. The summed E-state index contributed by atoms with van der Waals surface area (Å²) in [6.45, 7) is 1.81. The zero-order valence-corrected chi connectivity index (χ0v) is 18.5. The number of aryl methyl sites for hydroxylation is 1. The molecule has 1 amide bonds. The van der Waals surface area contributed by atoms with Crippen LogP contribution >= 0.6 is 0 Å². The number of hydrogen-bond acceptors (Lipinski definition) is 3. The third-order valence-corrected chi connectivity index (χ3v) is 8.39. The minimum absolute atomic E-state index is 0.105. The van der Waals surface area contributed by atoms with Gasteiger partial charge in [0, 0.05) is 49.2 Å². The first-order valence-electron chi connectivity index (χ1n) is 11.4. The number of aromatic nitrogens is 1. The summed E-state index contributed by atoms with van der Waals surface area (Å²) in [5.74, 6) is 0.105. The molecule has 2 aliphatic rings. The molecule has 1 aliphatic heterocycles. The van der Waals surface area contributed by atoms with E-state index in [0.29, 0.717) is 37.0 Å². The van der Waals surface area contributed by atoms with Gasteiger partial charge in [-0.05, 0) is 49.9 Å². The van der Waals surface area contributed by atoms with Crippen molar-refractivity contribution in [3.8, 4) is 0 Å². The van der Waals surface area contributed by atoms with Crippen molar-refractivity contribution in [1.29, 1.82) is 0 Å². The van der Waals surface area contributed by atoms with Gasteiger partial charge in [0.1, 0.15) is 0 Å². The van der Waals surface area contributed by atoms with Crippen LogP contribution in [-0.4, -0.2) is 42.3 Å². The molecule has 1 saturated carbocycles. The van der Waals surface area contributed by atoms with Gasteiger partial charge in [0.25, 0.3) is 0 Å². The number of rotatable bonds is 6. The lowest BCUT2D eigenvalue weighted by Crippen LogP contribution is -2.35. The second-order valence-electron chi connectivity index (χ2n) is 8.70. The number of fused-ring (bicyclic) bond motifs is 1. The van der Waals surface area contributed by atoms with Crippen LogP contribution in [0.3, 0.4) is 0 Å². The van der Waals surface area contributed by atoms with E-state index in [1.807, 2.05) is 22.9 Å². The highest BCUT2D eigenvalue weighted by Gasteiger charge is 2.26. The molecular formula is C23H33N3O3S. The molecule has 7 heteroatoms. The maximum Gasteiger partial charge on any atom is 0.243 e. The number of amides is 1. The highest BCUT2D eigenvalue weighted by atomic mass is 32.2. The van der Waals surface area contributed by atoms with Crippen molar-refractivity contribution >= 4 is 26.8 Å². The van der Waals surface area contributed by atoms with E-state index in [9.17, 15) is 13.2 Å². The van der Waals surface area contributed by atoms with Gasteiger partial charge in [0.2, 0.25) is 15.9 Å². The highest BCUT2D eigenvalue weighted by Crippen LogP contribution is 2.25. The number of carbonyl (C=O) groups is 1. The Kier molecular flexibility index (Phi) is 6.78. The first kappa shape index (κ1) is 21.4. The predicted molar refractivity (Wildman–Crippen MR) is 119 cm³/mol. The molecule has 1 aliphatic carbocycles. The van der Waals surface area contributed by atoms with Crippen LogP contribution < -0.4 is 5.32 Å². The second kappa shape index (κ2) is 9.52. The molecule has 2 heterocycles. The molecule has 0 radical (unpaired) electrons. The van der Waals surface area contributed by atoms with E-state index in [1.54, 1.807) is 16.4 Å². The van der Waals surface area contributed by atoms with Crippen LogP contribution in [0.1, 0.15) is 64.2 Å². The van der Waals surface area contributed by atoms with Gasteiger partial charge >= 0.3 is 0 Å². The summed E-state index contributed by atoms with van der Waals surface area (Å²) in [5, 5.41) is 4.10. The molecule has 4 rings (SSSR count). The number of benzene rings is 1. The zero-order chi connectivity index (χ0) is 21.0. The molecule has 2 aromatic rings. The van der Waals surface area contributed by atoms with Crippen LogP contribution in [0.4, 0.5) is 0 Å². The lowest BCUT2D eigenvalue weighted by Gasteiger charge is -2.25. The summed E-state index contributed by atoms with van der Waals surface area (Å²) in [7, 11) is -3.43. The SMILES string of the molecule is O=C(CCn1ccc2cc(S(=O)(=O)N3CCCCC3)ccc21)NC1CCCCCC1. The van der Waals surface area contributed by atoms with Crippen molar-refractivity contribution in [2.75, 3.05) is 13.1 Å². The standard InChI is InChI=1S/C23H33N3O3S/c27-23(24-20-8-4-1-2-5-9-20)13-17-25-16-12-19-18-21(10-11-22(19)25)30(28,29)26-14-6-3-7-15-26/h10-12,16,18,20H,1-9,13-15,17H2,(H,24,27). The molecule has 0 bridgehead atoms. The van der Waals surface area contributed by atoms with Crippen molar-refractivity contribution in [3.05, 3.63) is 30.5 Å². The Balaban J connectivity index is 1.40. The molecule has 6 nitrogen and oxygen atoms in total. The fourth-order valence-electron chi connectivity index (χ4n) is 4.73. The van der Waals surface area contributed by atoms with E-state index in [0.717, 1.165) is 43.0 Å². The summed E-state index contributed by atoms with van der Waals surface area (Å²) in [6.07, 6.45) is 12.5. The van der Waals surface area contributed by atoms with E-state index < -0.39 is 10.0 Å². The lowest BCUT2D eigenvalue weighted by molar-refractivity contribution is -0.122. The average molecular weight is 432 g/mol. The van der Waals surface area contributed by atoms with E-state index in [1.165, 1.54) is 25.7 Å². The monoisotopic (exact) mass is 431 g/mol. The van der Waals surface area contributed by atoms with E-state index in [4.69, 9.17) is 0 Å². The van der Waals surface area contributed by atoms with Gasteiger partial charge in [-0.3, -0.25) is 4.79 Å². The van der Waals surface area contributed by atoms with E-state index in [-0.39, 0.29) is 5.91 Å². The quantitative estimate of drug-likeness (QED) is 0.702. The topological polar surface area (TPSA) is 71.4 Å². The Morgan fingerprint density at radius 1 is 0.967 bits per heavy atom. The van der Waals surface area contributed by atoms with Crippen LogP contribution in [0.2, 0.25) is 0 Å². The molecule has 0 unspecified atom stereocenters. The van der Waals surface area contributed by atoms with Crippen LogP contribution in [0.5, 0.6) is 0 Å². The van der Waals surface area contributed by atoms with Gasteiger partial charge in [0.05, 0.1) is 4.90 Å². The van der Waals surface area contributed by atoms with Crippen molar-refractivity contribution < 1.29 is 13.2 Å². The van der Waals surface area contributed by atoms with Gasteiger partial charge in [0.15, 0.2) is 0 Å². The third-order valence-electron chi connectivity index (χ3n) is 6.50. The molecule has 1 aromatic carbocycles. The van der Waals surface area contributed by atoms with Crippen molar-refractivity contribution in [2.24, 2.45) is 0 Å². The minimum atomic E-state index is -3.43. The molecule has 164 valence electrons. The van der Waals surface area contributed by atoms with Gasteiger partial charge in [-0.2, -0.15) is 4.31 Å². The summed E-state index contributed by atoms with van der Waals surface area (Å²) >= 11 is 0. The minimum Gasteiger partial charge on any atom is -0.353 e. The Morgan fingerprint density at radius 2 is 1.67 bits per heavy atom. The largest absolute Gasteiger partial charge is 0.353 e. The smallest absolute Gasteiger partial charge is 0.243 e. The van der Waals surface area contributed by atoms with Gasteiger partial charge in [-0.15, -0.1) is 0 Å². The maximum atomic E-state index is 12.9. The Morgan fingerprint density at radius 3 is 2.40 bits per heavy atom. The average Bonchev–Trinajstić information content (AvgIpc) is 2.99. The number of nitrogens with one attached hydrogen (secondary N) is 1. The first-order valence-corrected chi connectivity index (χ1v) is 12.9. The number of nitrogens with zero attached hydrogens (tertiary/aromatic N) is 2. The van der Waals surface area contributed by atoms with Crippen molar-refractivity contribution in [2.45, 2.75) is 81.7 Å². The molecule has 1 saturated heterocycles. The van der Waals surface area contributed by atoms with Crippen LogP contribution in [0.15, 0.2) is 35.4 Å². The molecule has 1 aromatic heterocycles. The molecule has 0 spiro atoms. The van der Waals surface area contributed by atoms with Crippen molar-refractivity contribution in [3.63, 3.8) is 0 Å². The Bertz CT molecular complexity index is 969. The van der Waals surface area contributed by atoms with Crippen LogP contribution in [-0.2, 0) is 21.4 Å². The Labute approximate surface area is 179 Å². The van der Waals surface area contributed by atoms with Gasteiger partial charge in [-0.25, -0.2) is 8.42 Å². The number of hydrogen-bond donors (Lipinski definition) is 1. The highest BCUT2D eigenvalue weighted by molar-refractivity contribution is 7.89. The molecule has 30 heavy (non-hydrogen) atoms. The third kappa shape index (κ3) is 4.89. The molecule has 1 N–H and O–H groups in total. The summed E-state index contributed by atoms with van der Waals surface area (Å²) < 4.78 is 29.5. The van der Waals surface area contributed by atoms with Crippen LogP contribution in [0, 0.1) is 0 Å². The first-order chi connectivity index (χ1) is 14.5. The maximum absolute atomic E-state index is 12.9. The second-order valence-corrected chi connectivity index (χ2v) is 10.6. The fourth-order valence-corrected chi connectivity index (χ4v) is 6.29.